The van der Waals surface area contributed by atoms with Gasteiger partial charge in [-0.1, -0.05) is 0 Å². The van der Waals surface area contributed by atoms with Gasteiger partial charge in [0.05, 0.1) is 6.26 Å². The number of furan rings is 1. The van der Waals surface area contributed by atoms with Gasteiger partial charge < -0.3 is 15.1 Å². The summed E-state index contributed by atoms with van der Waals surface area (Å²) < 4.78 is 18.7. The van der Waals surface area contributed by atoms with Gasteiger partial charge in [0.2, 0.25) is 0 Å². The van der Waals surface area contributed by atoms with E-state index in [1.807, 2.05) is 33.0 Å². The van der Waals surface area contributed by atoms with Crippen molar-refractivity contribution in [1.29, 1.82) is 0 Å². The third-order valence-corrected chi connectivity index (χ3v) is 3.37. The van der Waals surface area contributed by atoms with Crippen molar-refractivity contribution in [2.75, 3.05) is 11.9 Å². The standard InChI is InChI=1S/C16H21FN2O/c1-11(18)8-14-9-15(17)4-5-16(14)19(3)10-13-6-7-20-12(13)2/h4-7,9,11H,8,10,18H2,1-3H3. The predicted octanol–water partition coefficient (Wildman–Crippen LogP) is 3.25. The maximum atomic E-state index is 13.4. The number of aryl methyl sites for hydroxylation is 1. The summed E-state index contributed by atoms with van der Waals surface area (Å²) in [6.45, 7) is 4.59. The fraction of sp³-hybridized carbons (Fsp3) is 0.375. The van der Waals surface area contributed by atoms with Crippen molar-refractivity contribution in [2.24, 2.45) is 5.73 Å². The van der Waals surface area contributed by atoms with Gasteiger partial charge in [-0.25, -0.2) is 4.39 Å². The van der Waals surface area contributed by atoms with Crippen LogP contribution >= 0.6 is 0 Å². The molecule has 1 heterocycles. The quantitative estimate of drug-likeness (QED) is 0.911. The van der Waals surface area contributed by atoms with E-state index in [2.05, 4.69) is 4.90 Å². The van der Waals surface area contributed by atoms with E-state index in [4.69, 9.17) is 10.2 Å². The van der Waals surface area contributed by atoms with Gasteiger partial charge in [0.1, 0.15) is 11.6 Å². The fourth-order valence-corrected chi connectivity index (χ4v) is 2.35. The summed E-state index contributed by atoms with van der Waals surface area (Å²) in [4.78, 5) is 2.09. The Morgan fingerprint density at radius 3 is 2.65 bits per heavy atom. The lowest BCUT2D eigenvalue weighted by Crippen LogP contribution is -2.22. The number of hydrogen-bond donors (Lipinski definition) is 1. The maximum Gasteiger partial charge on any atom is 0.123 e. The van der Waals surface area contributed by atoms with Crippen LogP contribution in [-0.4, -0.2) is 13.1 Å². The molecule has 0 bridgehead atoms. The lowest BCUT2D eigenvalue weighted by molar-refractivity contribution is 0.529. The number of rotatable bonds is 5. The molecule has 0 aliphatic rings. The van der Waals surface area contributed by atoms with Gasteiger partial charge in [-0.2, -0.15) is 0 Å². The average molecular weight is 276 g/mol. The summed E-state index contributed by atoms with van der Waals surface area (Å²) in [7, 11) is 1.99. The Hall–Kier alpha value is -1.81. The molecule has 0 fully saturated rings. The zero-order valence-electron chi connectivity index (χ0n) is 12.2. The van der Waals surface area contributed by atoms with E-state index in [0.717, 1.165) is 29.1 Å². The van der Waals surface area contributed by atoms with Crippen LogP contribution in [0.4, 0.5) is 10.1 Å². The summed E-state index contributed by atoms with van der Waals surface area (Å²) in [5.74, 6) is 0.685. The number of nitrogens with two attached hydrogens (primary N) is 1. The molecule has 1 unspecified atom stereocenters. The van der Waals surface area contributed by atoms with E-state index in [1.54, 1.807) is 12.3 Å². The molecule has 2 N–H and O–H groups in total. The van der Waals surface area contributed by atoms with Gasteiger partial charge in [0.25, 0.3) is 0 Å². The molecule has 3 nitrogen and oxygen atoms in total. The zero-order valence-corrected chi connectivity index (χ0v) is 12.2. The Balaban J connectivity index is 2.24. The van der Waals surface area contributed by atoms with Crippen molar-refractivity contribution in [3.8, 4) is 0 Å². The molecule has 108 valence electrons. The smallest absolute Gasteiger partial charge is 0.123 e. The predicted molar refractivity (Wildman–Crippen MR) is 79.3 cm³/mol. The Kier molecular flexibility index (Phi) is 4.45. The second-order valence-corrected chi connectivity index (χ2v) is 5.31. The van der Waals surface area contributed by atoms with Crippen LogP contribution in [0.15, 0.2) is 34.9 Å². The lowest BCUT2D eigenvalue weighted by Gasteiger charge is -2.23. The van der Waals surface area contributed by atoms with Crippen molar-refractivity contribution >= 4 is 5.69 Å². The molecule has 0 aliphatic carbocycles. The summed E-state index contributed by atoms with van der Waals surface area (Å²) in [5, 5.41) is 0. The van der Waals surface area contributed by atoms with Crippen molar-refractivity contribution in [2.45, 2.75) is 32.9 Å². The minimum atomic E-state index is -0.225. The SMILES string of the molecule is Cc1occc1CN(C)c1ccc(F)cc1CC(C)N. The number of benzene rings is 1. The van der Waals surface area contributed by atoms with Crippen LogP contribution in [0, 0.1) is 12.7 Å². The van der Waals surface area contributed by atoms with Gasteiger partial charge in [-0.15, -0.1) is 0 Å². The Morgan fingerprint density at radius 2 is 2.05 bits per heavy atom. The normalized spacial score (nSPS) is 12.4. The first kappa shape index (κ1) is 14.6. The number of hydrogen-bond acceptors (Lipinski definition) is 3. The number of anilines is 1. The van der Waals surface area contributed by atoms with Crippen LogP contribution in [0.1, 0.15) is 23.8 Å². The first-order valence-electron chi connectivity index (χ1n) is 6.75. The largest absolute Gasteiger partial charge is 0.469 e. The molecule has 0 saturated heterocycles. The maximum absolute atomic E-state index is 13.4. The third-order valence-electron chi connectivity index (χ3n) is 3.37. The Labute approximate surface area is 119 Å². The van der Waals surface area contributed by atoms with E-state index in [-0.39, 0.29) is 11.9 Å². The molecule has 1 aromatic heterocycles. The van der Waals surface area contributed by atoms with Gasteiger partial charge in [-0.3, -0.25) is 0 Å². The Bertz CT molecular complexity index is 578. The van der Waals surface area contributed by atoms with Crippen LogP contribution in [0.2, 0.25) is 0 Å². The van der Waals surface area contributed by atoms with Crippen molar-refractivity contribution in [1.82, 2.24) is 0 Å². The molecular weight excluding hydrogens is 255 g/mol. The van der Waals surface area contributed by atoms with Gasteiger partial charge in [-0.05, 0) is 50.1 Å². The monoisotopic (exact) mass is 276 g/mol. The van der Waals surface area contributed by atoms with Crippen LogP contribution < -0.4 is 10.6 Å². The third kappa shape index (κ3) is 3.39. The molecule has 0 saturated carbocycles. The van der Waals surface area contributed by atoms with E-state index < -0.39 is 0 Å². The van der Waals surface area contributed by atoms with Gasteiger partial charge >= 0.3 is 0 Å². The highest BCUT2D eigenvalue weighted by molar-refractivity contribution is 5.54. The van der Waals surface area contributed by atoms with Crippen LogP contribution in [0.3, 0.4) is 0 Å². The average Bonchev–Trinajstić information content (AvgIpc) is 2.74. The highest BCUT2D eigenvalue weighted by atomic mass is 19.1. The summed E-state index contributed by atoms with van der Waals surface area (Å²) >= 11 is 0. The lowest BCUT2D eigenvalue weighted by atomic mass is 10.0. The minimum absolute atomic E-state index is 0.000360. The topological polar surface area (TPSA) is 42.4 Å². The highest BCUT2D eigenvalue weighted by Gasteiger charge is 2.12. The molecule has 0 aliphatic heterocycles. The second-order valence-electron chi connectivity index (χ2n) is 5.31. The summed E-state index contributed by atoms with van der Waals surface area (Å²) in [5.41, 5.74) is 8.91. The molecule has 2 aromatic rings. The minimum Gasteiger partial charge on any atom is -0.469 e. The molecule has 2 rings (SSSR count). The molecule has 4 heteroatoms. The zero-order chi connectivity index (χ0) is 14.7. The van der Waals surface area contributed by atoms with Crippen molar-refractivity contribution < 1.29 is 8.81 Å². The Morgan fingerprint density at radius 1 is 1.30 bits per heavy atom. The summed E-state index contributed by atoms with van der Waals surface area (Å²) in [6.07, 6.45) is 2.34. The van der Waals surface area contributed by atoms with Crippen molar-refractivity contribution in [3.05, 3.63) is 53.2 Å². The first-order chi connectivity index (χ1) is 9.47. The molecular formula is C16H21FN2O. The molecule has 1 aromatic carbocycles. The second kappa shape index (κ2) is 6.09. The fourth-order valence-electron chi connectivity index (χ4n) is 2.35. The molecule has 0 radical (unpaired) electrons. The molecule has 0 spiro atoms. The molecule has 20 heavy (non-hydrogen) atoms. The van der Waals surface area contributed by atoms with E-state index in [0.29, 0.717) is 6.42 Å². The van der Waals surface area contributed by atoms with E-state index >= 15 is 0 Å². The van der Waals surface area contributed by atoms with Crippen LogP contribution in [0.5, 0.6) is 0 Å². The van der Waals surface area contributed by atoms with Crippen molar-refractivity contribution in [3.63, 3.8) is 0 Å². The van der Waals surface area contributed by atoms with Gasteiger partial charge in [0.15, 0.2) is 0 Å². The first-order valence-corrected chi connectivity index (χ1v) is 6.75. The van der Waals surface area contributed by atoms with Crippen LogP contribution in [0.25, 0.3) is 0 Å². The van der Waals surface area contributed by atoms with Gasteiger partial charge in [0, 0.05) is 30.9 Å². The van der Waals surface area contributed by atoms with Crippen LogP contribution in [-0.2, 0) is 13.0 Å². The molecule has 0 amide bonds. The number of halogens is 1. The summed E-state index contributed by atoms with van der Waals surface area (Å²) in [6, 6.07) is 6.82. The molecule has 1 atom stereocenters. The highest BCUT2D eigenvalue weighted by Crippen LogP contribution is 2.24. The van der Waals surface area contributed by atoms with E-state index in [9.17, 15) is 4.39 Å². The van der Waals surface area contributed by atoms with E-state index in [1.165, 1.54) is 6.07 Å². The number of nitrogens with zero attached hydrogens (tertiary/aromatic N) is 1.